The number of hydrogen-bond donors (Lipinski definition) is 2. The van der Waals surface area contributed by atoms with Crippen LogP contribution in [0.5, 0.6) is 5.75 Å². The summed E-state index contributed by atoms with van der Waals surface area (Å²) in [4.78, 5) is 14.6. The summed E-state index contributed by atoms with van der Waals surface area (Å²) in [5.74, 6) is 1.85. The summed E-state index contributed by atoms with van der Waals surface area (Å²) < 4.78 is 6.17. The van der Waals surface area contributed by atoms with Crippen molar-refractivity contribution in [2.24, 2.45) is 5.92 Å². The zero-order chi connectivity index (χ0) is 30.4. The first-order valence-corrected chi connectivity index (χ1v) is 15.2. The predicted molar refractivity (Wildman–Crippen MR) is 170 cm³/mol. The third-order valence-electron chi connectivity index (χ3n) is 8.08. The summed E-state index contributed by atoms with van der Waals surface area (Å²) in [7, 11) is 0. The van der Waals surface area contributed by atoms with Crippen molar-refractivity contribution in [3.05, 3.63) is 82.4 Å². The maximum Gasteiger partial charge on any atom is 0.167 e. The average molecular weight is 568 g/mol. The number of benzene rings is 3. The molecule has 3 aromatic carbocycles. The monoisotopic (exact) mass is 567 g/mol. The molecule has 3 unspecified atom stereocenters. The van der Waals surface area contributed by atoms with Crippen LogP contribution in [-0.2, 0) is 4.74 Å². The summed E-state index contributed by atoms with van der Waals surface area (Å²) >= 11 is 0. The highest BCUT2D eigenvalue weighted by molar-refractivity contribution is 5.72. The number of aliphatic hydroxyl groups excluding tert-OH is 1. The molecule has 0 bridgehead atoms. The molecule has 0 aliphatic rings. The maximum absolute atomic E-state index is 11.3. The fourth-order valence-corrected chi connectivity index (χ4v) is 5.64. The van der Waals surface area contributed by atoms with Crippen LogP contribution in [-0.4, -0.2) is 37.9 Å². The van der Waals surface area contributed by atoms with Gasteiger partial charge in [0, 0.05) is 11.1 Å². The molecule has 6 nitrogen and oxygen atoms in total. The van der Waals surface area contributed by atoms with Gasteiger partial charge in [0.1, 0.15) is 5.75 Å². The lowest BCUT2D eigenvalue weighted by Crippen LogP contribution is -2.26. The van der Waals surface area contributed by atoms with Crippen LogP contribution in [0.2, 0.25) is 0 Å². The van der Waals surface area contributed by atoms with E-state index < -0.39 is 6.10 Å². The lowest BCUT2D eigenvalue weighted by molar-refractivity contribution is -0.0360. The molecule has 3 atom stereocenters. The van der Waals surface area contributed by atoms with Gasteiger partial charge in [0.05, 0.1) is 24.4 Å². The number of aryl methyl sites for hydroxylation is 4. The van der Waals surface area contributed by atoms with Crippen molar-refractivity contribution >= 4 is 0 Å². The summed E-state index contributed by atoms with van der Waals surface area (Å²) in [6.45, 7) is 14.8. The fraction of sp³-hybridized carbons (Fsp3) is 0.417. The molecular formula is C36H45N3O3. The molecule has 222 valence electrons. The molecule has 2 N–H and O–H groups in total. The van der Waals surface area contributed by atoms with Crippen molar-refractivity contribution in [1.29, 1.82) is 0 Å². The second-order valence-electron chi connectivity index (χ2n) is 11.5. The van der Waals surface area contributed by atoms with E-state index in [4.69, 9.17) is 19.7 Å². The van der Waals surface area contributed by atoms with Gasteiger partial charge in [0.15, 0.2) is 17.5 Å². The predicted octanol–water partition coefficient (Wildman–Crippen LogP) is 8.47. The van der Waals surface area contributed by atoms with Gasteiger partial charge in [0.25, 0.3) is 0 Å². The molecular weight excluding hydrogens is 522 g/mol. The minimum Gasteiger partial charge on any atom is -0.507 e. The van der Waals surface area contributed by atoms with E-state index >= 15 is 0 Å². The van der Waals surface area contributed by atoms with E-state index in [1.54, 1.807) is 6.07 Å². The van der Waals surface area contributed by atoms with Crippen LogP contribution >= 0.6 is 0 Å². The number of hydrogen-bond acceptors (Lipinski definition) is 6. The third kappa shape index (κ3) is 7.23. The number of aromatic nitrogens is 3. The molecule has 0 aliphatic carbocycles. The highest BCUT2D eigenvalue weighted by Crippen LogP contribution is 2.35. The number of nitrogens with zero attached hydrogens (tertiary/aromatic N) is 3. The largest absolute Gasteiger partial charge is 0.507 e. The van der Waals surface area contributed by atoms with Crippen LogP contribution in [0.15, 0.2) is 54.6 Å². The molecule has 0 radical (unpaired) electrons. The van der Waals surface area contributed by atoms with Crippen LogP contribution in [0.4, 0.5) is 0 Å². The quantitative estimate of drug-likeness (QED) is 0.178. The average Bonchev–Trinajstić information content (AvgIpc) is 2.96. The highest BCUT2D eigenvalue weighted by atomic mass is 16.5. The number of aromatic hydroxyl groups is 1. The minimum atomic E-state index is -0.505. The van der Waals surface area contributed by atoms with E-state index in [-0.39, 0.29) is 24.4 Å². The molecule has 0 fully saturated rings. The first kappa shape index (κ1) is 31.3. The molecule has 0 spiro atoms. The van der Waals surface area contributed by atoms with Gasteiger partial charge in [-0.15, -0.1) is 0 Å². The van der Waals surface area contributed by atoms with E-state index in [2.05, 4.69) is 65.8 Å². The normalized spacial score (nSPS) is 13.6. The van der Waals surface area contributed by atoms with Crippen molar-refractivity contribution in [2.45, 2.75) is 86.4 Å². The van der Waals surface area contributed by atoms with E-state index in [0.29, 0.717) is 23.0 Å². The summed E-state index contributed by atoms with van der Waals surface area (Å²) in [6.07, 6.45) is 2.91. The summed E-state index contributed by atoms with van der Waals surface area (Å²) in [5.41, 5.74) is 7.74. The van der Waals surface area contributed by atoms with Crippen molar-refractivity contribution < 1.29 is 14.9 Å². The van der Waals surface area contributed by atoms with Crippen LogP contribution < -0.4 is 0 Å². The first-order valence-electron chi connectivity index (χ1n) is 15.2. The molecule has 42 heavy (non-hydrogen) atoms. The summed E-state index contributed by atoms with van der Waals surface area (Å²) in [5, 5.41) is 22.0. The van der Waals surface area contributed by atoms with Crippen molar-refractivity contribution in [2.75, 3.05) is 6.61 Å². The second-order valence-corrected chi connectivity index (χ2v) is 11.5. The Hall–Kier alpha value is -3.61. The Kier molecular flexibility index (Phi) is 10.5. The third-order valence-corrected chi connectivity index (χ3v) is 8.08. The van der Waals surface area contributed by atoms with Crippen LogP contribution in [0.3, 0.4) is 0 Å². The Morgan fingerprint density at radius 2 is 1.21 bits per heavy atom. The number of rotatable bonds is 12. The van der Waals surface area contributed by atoms with Crippen LogP contribution in [0, 0.1) is 33.6 Å². The Morgan fingerprint density at radius 3 is 1.67 bits per heavy atom. The van der Waals surface area contributed by atoms with Crippen molar-refractivity contribution in [1.82, 2.24) is 15.0 Å². The molecule has 0 amide bonds. The van der Waals surface area contributed by atoms with Gasteiger partial charge in [-0.3, -0.25) is 0 Å². The highest BCUT2D eigenvalue weighted by Gasteiger charge is 2.21. The van der Waals surface area contributed by atoms with E-state index in [1.165, 1.54) is 11.1 Å². The molecule has 6 heteroatoms. The molecule has 1 heterocycles. The van der Waals surface area contributed by atoms with Gasteiger partial charge >= 0.3 is 0 Å². The van der Waals surface area contributed by atoms with Gasteiger partial charge in [-0.2, -0.15) is 0 Å². The van der Waals surface area contributed by atoms with Gasteiger partial charge in [-0.25, -0.2) is 15.0 Å². The molecule has 4 aromatic rings. The van der Waals surface area contributed by atoms with Gasteiger partial charge in [-0.05, 0) is 75.3 Å². The molecule has 4 rings (SSSR count). The SMILES string of the molecule is CCCC(CC)C(O)COC(CC)c1ccc(-c2nc(-c3ccc(C)cc3C)nc(-c3ccc(C)cc3C)n2)c(O)c1. The summed E-state index contributed by atoms with van der Waals surface area (Å²) in [6, 6.07) is 18.0. The smallest absolute Gasteiger partial charge is 0.167 e. The number of phenols is 1. The Labute approximate surface area is 250 Å². The molecule has 1 aromatic heterocycles. The second kappa shape index (κ2) is 14.0. The van der Waals surface area contributed by atoms with Crippen molar-refractivity contribution in [3.63, 3.8) is 0 Å². The van der Waals surface area contributed by atoms with Crippen molar-refractivity contribution in [3.8, 4) is 39.9 Å². The van der Waals surface area contributed by atoms with E-state index in [9.17, 15) is 10.2 Å². The van der Waals surface area contributed by atoms with Gasteiger partial charge < -0.3 is 14.9 Å². The molecule has 0 saturated carbocycles. The zero-order valence-electron chi connectivity index (χ0n) is 26.1. The minimum absolute atomic E-state index is 0.0804. The maximum atomic E-state index is 11.3. The first-order chi connectivity index (χ1) is 20.1. The van der Waals surface area contributed by atoms with Gasteiger partial charge in [-0.1, -0.05) is 87.2 Å². The van der Waals surface area contributed by atoms with Crippen LogP contribution in [0.25, 0.3) is 34.2 Å². The Balaban J connectivity index is 1.72. The Morgan fingerprint density at radius 1 is 0.690 bits per heavy atom. The molecule has 0 saturated heterocycles. The Bertz CT molecular complexity index is 1450. The zero-order valence-corrected chi connectivity index (χ0v) is 26.1. The lowest BCUT2D eigenvalue weighted by atomic mass is 9.95. The topological polar surface area (TPSA) is 88.4 Å². The van der Waals surface area contributed by atoms with E-state index in [0.717, 1.165) is 53.5 Å². The number of ether oxygens (including phenoxy) is 1. The number of aliphatic hydroxyl groups is 1. The van der Waals surface area contributed by atoms with Crippen LogP contribution in [0.1, 0.15) is 80.4 Å². The van der Waals surface area contributed by atoms with E-state index in [1.807, 2.05) is 31.2 Å². The standard InChI is InChI=1S/C36H45N3O3/c1-8-11-26(9-2)32(41)21-42-33(10-3)27-14-17-30(31(40)20-27)36-38-34(28-15-12-22(4)18-24(28)6)37-35(39-36)29-16-13-23(5)19-25(29)7/h12-20,26,32-33,40-41H,8-11,21H2,1-7H3. The number of phenolic OH excluding ortho intramolecular Hbond substituents is 1. The molecule has 0 aliphatic heterocycles. The van der Waals surface area contributed by atoms with Gasteiger partial charge in [0.2, 0.25) is 0 Å². The lowest BCUT2D eigenvalue weighted by Gasteiger charge is -2.24. The fourth-order valence-electron chi connectivity index (χ4n) is 5.64.